The molecule has 3 aromatic rings. The van der Waals surface area contributed by atoms with Crippen molar-refractivity contribution in [3.05, 3.63) is 81.2 Å². The summed E-state index contributed by atoms with van der Waals surface area (Å²) in [5.41, 5.74) is 1.10. The zero-order chi connectivity index (χ0) is 23.3. The zero-order valence-corrected chi connectivity index (χ0v) is 21.4. The number of nitrogens with zero attached hydrogens (tertiary/aromatic N) is 1. The predicted molar refractivity (Wildman–Crippen MR) is 131 cm³/mol. The molecule has 0 saturated heterocycles. The molecule has 32 heavy (non-hydrogen) atoms. The molecule has 0 spiro atoms. The summed E-state index contributed by atoms with van der Waals surface area (Å²) in [4.78, 5) is 13.2. The van der Waals surface area contributed by atoms with Crippen LogP contribution in [0, 0.1) is 6.92 Å². The summed E-state index contributed by atoms with van der Waals surface area (Å²) in [5.74, 6) is 0.261. The Morgan fingerprint density at radius 3 is 2.19 bits per heavy atom. The maximum absolute atomic E-state index is 13.4. The number of rotatable bonds is 8. The molecule has 168 valence electrons. The van der Waals surface area contributed by atoms with E-state index >= 15 is 0 Å². The number of sulfonamides is 1. The first-order chi connectivity index (χ1) is 15.2. The standard InChI is InChI=1S/C23H21Br2NO5S/c1-3-30-19-9-7-18(8-10-19)26(32(28,29)20-11-4-16(2)5-12-20)23(27)15-31-22-13-6-17(24)14-21(22)25/h4-14H,3,15H2,1-2H3. The van der Waals surface area contributed by atoms with E-state index in [-0.39, 0.29) is 10.6 Å². The normalized spacial score (nSPS) is 11.1. The molecule has 9 heteroatoms. The highest BCUT2D eigenvalue weighted by Crippen LogP contribution is 2.30. The van der Waals surface area contributed by atoms with Crippen molar-refractivity contribution in [3.8, 4) is 11.5 Å². The van der Waals surface area contributed by atoms with E-state index in [0.29, 0.717) is 22.6 Å². The van der Waals surface area contributed by atoms with E-state index in [1.807, 2.05) is 13.8 Å². The van der Waals surface area contributed by atoms with Gasteiger partial charge >= 0.3 is 0 Å². The average molecular weight is 583 g/mol. The van der Waals surface area contributed by atoms with Crippen molar-refractivity contribution in [1.82, 2.24) is 0 Å². The molecule has 3 aromatic carbocycles. The van der Waals surface area contributed by atoms with E-state index in [2.05, 4.69) is 31.9 Å². The third-order valence-electron chi connectivity index (χ3n) is 4.41. The van der Waals surface area contributed by atoms with E-state index in [0.717, 1.165) is 14.3 Å². The highest BCUT2D eigenvalue weighted by Gasteiger charge is 2.31. The molecule has 0 atom stereocenters. The molecule has 0 bridgehead atoms. The lowest BCUT2D eigenvalue weighted by molar-refractivity contribution is -0.119. The van der Waals surface area contributed by atoms with Gasteiger partial charge in [0.1, 0.15) is 11.5 Å². The molecule has 0 heterocycles. The minimum Gasteiger partial charge on any atom is -0.494 e. The van der Waals surface area contributed by atoms with Gasteiger partial charge in [0.05, 0.1) is 21.7 Å². The van der Waals surface area contributed by atoms with Crippen molar-refractivity contribution in [1.29, 1.82) is 0 Å². The molecule has 3 rings (SSSR count). The number of hydrogen-bond acceptors (Lipinski definition) is 5. The van der Waals surface area contributed by atoms with Crippen molar-refractivity contribution in [3.63, 3.8) is 0 Å². The Hall–Kier alpha value is -2.36. The number of anilines is 1. The Balaban J connectivity index is 1.95. The number of carbonyl (C=O) groups excluding carboxylic acids is 1. The van der Waals surface area contributed by atoms with Crippen LogP contribution < -0.4 is 13.8 Å². The lowest BCUT2D eigenvalue weighted by Gasteiger charge is -2.23. The first-order valence-corrected chi connectivity index (χ1v) is 12.7. The third kappa shape index (κ3) is 5.70. The molecule has 6 nitrogen and oxygen atoms in total. The van der Waals surface area contributed by atoms with Crippen molar-refractivity contribution in [2.75, 3.05) is 17.5 Å². The van der Waals surface area contributed by atoms with Gasteiger partial charge in [0, 0.05) is 4.47 Å². The predicted octanol–water partition coefficient (Wildman–Crippen LogP) is 5.72. The quantitative estimate of drug-likeness (QED) is 0.340. The molecule has 0 aliphatic heterocycles. The second-order valence-corrected chi connectivity index (χ2v) is 10.3. The molecule has 0 aliphatic rings. The van der Waals surface area contributed by atoms with Crippen molar-refractivity contribution < 1.29 is 22.7 Å². The lowest BCUT2D eigenvalue weighted by atomic mass is 10.2. The van der Waals surface area contributed by atoms with Crippen LogP contribution in [0.1, 0.15) is 12.5 Å². The van der Waals surface area contributed by atoms with E-state index < -0.39 is 22.5 Å². The van der Waals surface area contributed by atoms with E-state index in [9.17, 15) is 13.2 Å². The molecular weight excluding hydrogens is 562 g/mol. The van der Waals surface area contributed by atoms with Crippen LogP contribution in [0.4, 0.5) is 5.69 Å². The van der Waals surface area contributed by atoms with Gasteiger partial charge in [-0.05, 0) is 84.4 Å². The third-order valence-corrected chi connectivity index (χ3v) is 7.29. The molecule has 0 saturated carbocycles. The van der Waals surface area contributed by atoms with Gasteiger partial charge in [-0.1, -0.05) is 33.6 Å². The molecule has 0 aliphatic carbocycles. The summed E-state index contributed by atoms with van der Waals surface area (Å²) in [6, 6.07) is 17.8. The summed E-state index contributed by atoms with van der Waals surface area (Å²) < 4.78 is 40.1. The van der Waals surface area contributed by atoms with Crippen LogP contribution in [0.5, 0.6) is 11.5 Å². The smallest absolute Gasteiger partial charge is 0.278 e. The fourth-order valence-corrected chi connectivity index (χ4v) is 5.44. The molecule has 0 N–H and O–H groups in total. The maximum atomic E-state index is 13.4. The van der Waals surface area contributed by atoms with Gasteiger partial charge in [-0.3, -0.25) is 4.79 Å². The maximum Gasteiger partial charge on any atom is 0.278 e. The van der Waals surface area contributed by atoms with Crippen molar-refractivity contribution in [2.45, 2.75) is 18.7 Å². The average Bonchev–Trinajstić information content (AvgIpc) is 2.75. The van der Waals surface area contributed by atoms with Crippen LogP contribution in [-0.2, 0) is 14.8 Å². The monoisotopic (exact) mass is 581 g/mol. The Kier molecular flexibility index (Phi) is 7.97. The van der Waals surface area contributed by atoms with E-state index in [1.165, 1.54) is 24.3 Å². The number of halogens is 2. The molecule has 0 aromatic heterocycles. The number of amides is 1. The van der Waals surface area contributed by atoms with Gasteiger partial charge < -0.3 is 9.47 Å². The SMILES string of the molecule is CCOc1ccc(N(C(=O)COc2ccc(Br)cc2Br)S(=O)(=O)c2ccc(C)cc2)cc1. The van der Waals surface area contributed by atoms with Gasteiger partial charge in [-0.25, -0.2) is 8.42 Å². The number of ether oxygens (including phenoxy) is 2. The Morgan fingerprint density at radius 1 is 0.938 bits per heavy atom. The number of hydrogen-bond donors (Lipinski definition) is 0. The first-order valence-electron chi connectivity index (χ1n) is 9.68. The summed E-state index contributed by atoms with van der Waals surface area (Å²) in [7, 11) is -4.17. The first kappa shape index (κ1) is 24.3. The number of carbonyl (C=O) groups is 1. The summed E-state index contributed by atoms with van der Waals surface area (Å²) >= 11 is 6.73. The molecular formula is C23H21Br2NO5S. The molecule has 0 unspecified atom stereocenters. The van der Waals surface area contributed by atoms with Crippen LogP contribution in [0.25, 0.3) is 0 Å². The van der Waals surface area contributed by atoms with Crippen molar-refractivity contribution in [2.24, 2.45) is 0 Å². The highest BCUT2D eigenvalue weighted by atomic mass is 79.9. The second kappa shape index (κ2) is 10.5. The Bertz CT molecular complexity index is 1200. The second-order valence-electron chi connectivity index (χ2n) is 6.77. The summed E-state index contributed by atoms with van der Waals surface area (Å²) in [6.45, 7) is 3.71. The Labute approximate surface area is 204 Å². The van der Waals surface area contributed by atoms with Crippen LogP contribution in [-0.4, -0.2) is 27.5 Å². The topological polar surface area (TPSA) is 72.9 Å². The minimum absolute atomic E-state index is 0.00940. The summed E-state index contributed by atoms with van der Waals surface area (Å²) in [5, 5.41) is 0. The molecule has 0 fully saturated rings. The van der Waals surface area contributed by atoms with Gasteiger partial charge in [0.25, 0.3) is 15.9 Å². The van der Waals surface area contributed by atoms with E-state index in [4.69, 9.17) is 9.47 Å². The Morgan fingerprint density at radius 2 is 1.59 bits per heavy atom. The largest absolute Gasteiger partial charge is 0.494 e. The van der Waals surface area contributed by atoms with Crippen LogP contribution in [0.2, 0.25) is 0 Å². The lowest BCUT2D eigenvalue weighted by Crippen LogP contribution is -2.40. The fraction of sp³-hybridized carbons (Fsp3) is 0.174. The van der Waals surface area contributed by atoms with Gasteiger partial charge in [0.2, 0.25) is 0 Å². The summed E-state index contributed by atoms with van der Waals surface area (Å²) in [6.07, 6.45) is 0. The van der Waals surface area contributed by atoms with E-state index in [1.54, 1.807) is 42.5 Å². The van der Waals surface area contributed by atoms with Crippen LogP contribution in [0.3, 0.4) is 0 Å². The van der Waals surface area contributed by atoms with Crippen LogP contribution >= 0.6 is 31.9 Å². The fourth-order valence-electron chi connectivity index (χ4n) is 2.87. The van der Waals surface area contributed by atoms with Gasteiger partial charge in [-0.2, -0.15) is 4.31 Å². The van der Waals surface area contributed by atoms with Crippen LogP contribution in [0.15, 0.2) is 80.6 Å². The minimum atomic E-state index is -4.17. The molecule has 1 amide bonds. The zero-order valence-electron chi connectivity index (χ0n) is 17.4. The number of aryl methyl sites for hydroxylation is 1. The number of benzene rings is 3. The molecule has 0 radical (unpaired) electrons. The highest BCUT2D eigenvalue weighted by molar-refractivity contribution is 9.11. The van der Waals surface area contributed by atoms with Gasteiger partial charge in [-0.15, -0.1) is 0 Å². The van der Waals surface area contributed by atoms with Gasteiger partial charge in [0.15, 0.2) is 6.61 Å². The van der Waals surface area contributed by atoms with Crippen molar-refractivity contribution >= 4 is 53.5 Å².